The van der Waals surface area contributed by atoms with Gasteiger partial charge < -0.3 is 30.0 Å². The molecule has 2 saturated heterocycles. The standard InChI is InChI=1S/C34H43N5O4S/c1-33(2,3)43-32(41)38-13-11-34(12-14-38)18-23(19-34)31(40)36-20-22-7-8-25-26(27-5-4-6-28(37-27)30(35)44)21-39(29(25)17-22)24-9-15-42-16-10-24/h4-8,17,21,23-24H,9-16,18-20H2,1-3H3,(H2,35,44)(H,36,40). The van der Waals surface area contributed by atoms with Crippen LogP contribution >= 0.6 is 12.2 Å². The van der Waals surface area contributed by atoms with E-state index in [2.05, 4.69) is 34.3 Å². The number of rotatable bonds is 6. The van der Waals surface area contributed by atoms with Crippen LogP contribution in [0, 0.1) is 11.3 Å². The minimum Gasteiger partial charge on any atom is -0.444 e. The molecule has 0 bridgehead atoms. The van der Waals surface area contributed by atoms with Gasteiger partial charge >= 0.3 is 6.09 Å². The van der Waals surface area contributed by atoms with E-state index < -0.39 is 5.60 Å². The van der Waals surface area contributed by atoms with Crippen LogP contribution < -0.4 is 11.1 Å². The molecule has 2 aliphatic heterocycles. The van der Waals surface area contributed by atoms with E-state index in [0.29, 0.717) is 31.4 Å². The number of carbonyl (C=O) groups excluding carboxylic acids is 2. The van der Waals surface area contributed by atoms with Crippen LogP contribution in [0.4, 0.5) is 4.79 Å². The maximum Gasteiger partial charge on any atom is 0.410 e. The lowest BCUT2D eigenvalue weighted by Gasteiger charge is -2.51. The molecule has 3 aliphatic rings. The minimum absolute atomic E-state index is 0.0245. The van der Waals surface area contributed by atoms with Gasteiger partial charge in [-0.25, -0.2) is 9.78 Å². The number of likely N-dealkylation sites (tertiary alicyclic amines) is 1. The monoisotopic (exact) mass is 617 g/mol. The fraction of sp³-hybridized carbons (Fsp3) is 0.529. The second kappa shape index (κ2) is 12.1. The van der Waals surface area contributed by atoms with Crippen molar-refractivity contribution in [2.75, 3.05) is 26.3 Å². The van der Waals surface area contributed by atoms with Gasteiger partial charge in [0, 0.05) is 67.5 Å². The van der Waals surface area contributed by atoms with Gasteiger partial charge in [-0.3, -0.25) is 4.79 Å². The summed E-state index contributed by atoms with van der Waals surface area (Å²) >= 11 is 5.18. The van der Waals surface area contributed by atoms with Crippen LogP contribution in [0.2, 0.25) is 0 Å². The number of hydrogen-bond donors (Lipinski definition) is 2. The first-order valence-corrected chi connectivity index (χ1v) is 16.2. The van der Waals surface area contributed by atoms with E-state index in [1.54, 1.807) is 0 Å². The molecule has 2 aromatic heterocycles. The van der Waals surface area contributed by atoms with Gasteiger partial charge in [0.2, 0.25) is 5.91 Å². The fourth-order valence-electron chi connectivity index (χ4n) is 7.00. The van der Waals surface area contributed by atoms with Crippen LogP contribution in [0.1, 0.15) is 76.6 Å². The molecular formula is C34H43N5O4S. The number of hydrogen-bond acceptors (Lipinski definition) is 6. The van der Waals surface area contributed by atoms with Crippen molar-refractivity contribution < 1.29 is 19.1 Å². The first-order valence-electron chi connectivity index (χ1n) is 15.7. The third-order valence-corrected chi connectivity index (χ3v) is 9.64. The van der Waals surface area contributed by atoms with Crippen LogP contribution in [0.5, 0.6) is 0 Å². The average Bonchev–Trinajstić information content (AvgIpc) is 3.37. The Bertz CT molecular complexity index is 1560. The van der Waals surface area contributed by atoms with Gasteiger partial charge in [0.05, 0.1) is 11.4 Å². The van der Waals surface area contributed by atoms with Crippen molar-refractivity contribution in [3.8, 4) is 11.3 Å². The molecule has 9 nitrogen and oxygen atoms in total. The van der Waals surface area contributed by atoms with Crippen molar-refractivity contribution in [2.24, 2.45) is 17.1 Å². The van der Waals surface area contributed by atoms with E-state index in [0.717, 1.165) is 79.5 Å². The molecule has 0 unspecified atom stereocenters. The second-order valence-electron chi connectivity index (χ2n) is 13.7. The summed E-state index contributed by atoms with van der Waals surface area (Å²) < 4.78 is 13.5. The summed E-state index contributed by atoms with van der Waals surface area (Å²) in [6, 6.07) is 12.5. The number of carbonyl (C=O) groups is 2. The molecule has 1 aromatic carbocycles. The number of fused-ring (bicyclic) bond motifs is 1. The van der Waals surface area contributed by atoms with Crippen molar-refractivity contribution in [2.45, 2.75) is 77.5 Å². The number of thiocarbonyl (C=S) groups is 1. The Kier molecular flexibility index (Phi) is 8.41. The van der Waals surface area contributed by atoms with Gasteiger partial charge in [-0.15, -0.1) is 0 Å². The Morgan fingerprint density at radius 2 is 1.86 bits per heavy atom. The molecule has 1 spiro atoms. The van der Waals surface area contributed by atoms with Gasteiger partial charge in [-0.1, -0.05) is 30.4 Å². The summed E-state index contributed by atoms with van der Waals surface area (Å²) in [5.41, 5.74) is 10.2. The number of aromatic nitrogens is 2. The lowest BCUT2D eigenvalue weighted by Crippen LogP contribution is -2.52. The summed E-state index contributed by atoms with van der Waals surface area (Å²) in [5, 5.41) is 4.31. The van der Waals surface area contributed by atoms with Crippen LogP contribution in [-0.4, -0.2) is 63.3 Å². The Balaban J connectivity index is 1.11. The number of amides is 2. The summed E-state index contributed by atoms with van der Waals surface area (Å²) in [5.74, 6) is 0.140. The minimum atomic E-state index is -0.491. The predicted molar refractivity (Wildman–Crippen MR) is 174 cm³/mol. The highest BCUT2D eigenvalue weighted by molar-refractivity contribution is 7.80. The maximum absolute atomic E-state index is 13.2. The number of piperidine rings is 1. The fourth-order valence-corrected chi connectivity index (χ4v) is 7.11. The number of ether oxygens (including phenoxy) is 2. The maximum atomic E-state index is 13.2. The summed E-state index contributed by atoms with van der Waals surface area (Å²) in [4.78, 5) is 32.4. The highest BCUT2D eigenvalue weighted by atomic mass is 32.1. The van der Waals surface area contributed by atoms with Crippen molar-refractivity contribution >= 4 is 40.1 Å². The van der Waals surface area contributed by atoms with E-state index in [9.17, 15) is 9.59 Å². The van der Waals surface area contributed by atoms with Crippen LogP contribution in [-0.2, 0) is 20.8 Å². The summed E-state index contributed by atoms with van der Waals surface area (Å²) in [7, 11) is 0. The number of nitrogens with two attached hydrogens (primary N) is 1. The predicted octanol–water partition coefficient (Wildman–Crippen LogP) is 5.73. The largest absolute Gasteiger partial charge is 0.444 e. The molecule has 1 saturated carbocycles. The number of nitrogens with one attached hydrogen (secondary N) is 1. The first kappa shape index (κ1) is 30.5. The molecule has 234 valence electrons. The van der Waals surface area contributed by atoms with Gasteiger partial charge in [0.1, 0.15) is 10.6 Å². The molecule has 3 N–H and O–H groups in total. The van der Waals surface area contributed by atoms with Crippen molar-refractivity contribution in [3.63, 3.8) is 0 Å². The van der Waals surface area contributed by atoms with Gasteiger partial charge in [-0.2, -0.15) is 0 Å². The Morgan fingerprint density at radius 3 is 2.55 bits per heavy atom. The zero-order valence-electron chi connectivity index (χ0n) is 25.9. The molecule has 0 atom stereocenters. The third kappa shape index (κ3) is 6.47. The molecule has 0 radical (unpaired) electrons. The van der Waals surface area contributed by atoms with Crippen LogP contribution in [0.3, 0.4) is 0 Å². The molecule has 3 fully saturated rings. The SMILES string of the molecule is CC(C)(C)OC(=O)N1CCC2(CC1)CC(C(=O)NCc1ccc3c(-c4cccc(C(N)=S)n4)cn(C4CCOCC4)c3c1)C2. The van der Waals surface area contributed by atoms with Crippen LogP contribution in [0.25, 0.3) is 22.2 Å². The Labute approximate surface area is 264 Å². The molecule has 44 heavy (non-hydrogen) atoms. The van der Waals surface area contributed by atoms with Gasteiger partial charge in [0.15, 0.2) is 0 Å². The second-order valence-corrected chi connectivity index (χ2v) is 14.1. The average molecular weight is 618 g/mol. The zero-order chi connectivity index (χ0) is 31.1. The molecule has 1 aliphatic carbocycles. The van der Waals surface area contributed by atoms with E-state index in [1.807, 2.05) is 43.9 Å². The Morgan fingerprint density at radius 1 is 1.14 bits per heavy atom. The first-order chi connectivity index (χ1) is 21.0. The normalized spacial score (nSPS) is 19.1. The summed E-state index contributed by atoms with van der Waals surface area (Å²) in [6.07, 6.45) is 7.46. The number of benzene rings is 1. The van der Waals surface area contributed by atoms with E-state index in [1.165, 1.54) is 0 Å². The quantitative estimate of drug-likeness (QED) is 0.340. The summed E-state index contributed by atoms with van der Waals surface area (Å²) in [6.45, 7) is 9.02. The topological polar surface area (TPSA) is 112 Å². The third-order valence-electron chi connectivity index (χ3n) is 9.43. The molecular weight excluding hydrogens is 574 g/mol. The lowest BCUT2D eigenvalue weighted by molar-refractivity contribution is -0.135. The van der Waals surface area contributed by atoms with Crippen molar-refractivity contribution in [1.29, 1.82) is 0 Å². The number of pyridine rings is 1. The number of nitrogens with zero attached hydrogens (tertiary/aromatic N) is 3. The highest BCUT2D eigenvalue weighted by Gasteiger charge is 2.49. The van der Waals surface area contributed by atoms with Crippen molar-refractivity contribution in [1.82, 2.24) is 19.8 Å². The molecule has 6 rings (SSSR count). The molecule has 10 heteroatoms. The molecule has 2 amide bonds. The van der Waals surface area contributed by atoms with Gasteiger partial charge in [0.25, 0.3) is 0 Å². The molecule has 3 aromatic rings. The molecule has 4 heterocycles. The van der Waals surface area contributed by atoms with Crippen LogP contribution in [0.15, 0.2) is 42.6 Å². The van der Waals surface area contributed by atoms with Gasteiger partial charge in [-0.05, 0) is 88.5 Å². The highest BCUT2D eigenvalue weighted by Crippen LogP contribution is 2.52. The lowest BCUT2D eigenvalue weighted by atomic mass is 9.57. The smallest absolute Gasteiger partial charge is 0.410 e. The van der Waals surface area contributed by atoms with Crippen molar-refractivity contribution in [3.05, 3.63) is 53.9 Å². The van der Waals surface area contributed by atoms with E-state index in [-0.39, 0.29) is 28.3 Å². The van der Waals surface area contributed by atoms with E-state index in [4.69, 9.17) is 32.4 Å². The Hall–Kier alpha value is -3.50. The van der Waals surface area contributed by atoms with E-state index >= 15 is 0 Å². The zero-order valence-corrected chi connectivity index (χ0v) is 26.8.